The molecule has 7 nitrogen and oxygen atoms in total. The highest BCUT2D eigenvalue weighted by atomic mass is 127. The van der Waals surface area contributed by atoms with E-state index < -0.39 is 9.84 Å². The number of ether oxygens (including phenoxy) is 1. The summed E-state index contributed by atoms with van der Waals surface area (Å²) in [5, 5.41) is 6.45. The van der Waals surface area contributed by atoms with Crippen molar-refractivity contribution < 1.29 is 17.6 Å². The summed E-state index contributed by atoms with van der Waals surface area (Å²) in [6.45, 7) is 5.06. The summed E-state index contributed by atoms with van der Waals surface area (Å²) in [6.07, 6.45) is 3.67. The summed E-state index contributed by atoms with van der Waals surface area (Å²) in [4.78, 5) is 4.84. The zero-order valence-electron chi connectivity index (χ0n) is 16.2. The van der Waals surface area contributed by atoms with Gasteiger partial charge < -0.3 is 19.8 Å². The van der Waals surface area contributed by atoms with Crippen LogP contribution in [-0.4, -0.2) is 40.3 Å². The Morgan fingerprint density at radius 2 is 1.93 bits per heavy atom. The molecule has 9 heteroatoms. The topological polar surface area (TPSA) is 92.9 Å². The zero-order valence-corrected chi connectivity index (χ0v) is 19.3. The van der Waals surface area contributed by atoms with Crippen LogP contribution in [0.1, 0.15) is 24.7 Å². The highest BCUT2D eigenvalue weighted by Crippen LogP contribution is 2.11. The third-order valence-electron chi connectivity index (χ3n) is 3.70. The first kappa shape index (κ1) is 24.4. The van der Waals surface area contributed by atoms with Crippen LogP contribution in [0.25, 0.3) is 0 Å². The van der Waals surface area contributed by atoms with Gasteiger partial charge in [-0.15, -0.1) is 24.0 Å². The van der Waals surface area contributed by atoms with Gasteiger partial charge in [0.2, 0.25) is 0 Å². The van der Waals surface area contributed by atoms with Gasteiger partial charge in [0.05, 0.1) is 17.7 Å². The van der Waals surface area contributed by atoms with Crippen molar-refractivity contribution in [3.63, 3.8) is 0 Å². The lowest BCUT2D eigenvalue weighted by Crippen LogP contribution is -2.38. The van der Waals surface area contributed by atoms with Crippen LogP contribution in [0.5, 0.6) is 0 Å². The summed E-state index contributed by atoms with van der Waals surface area (Å²) in [5.41, 5.74) is 0.946. The fourth-order valence-corrected chi connectivity index (χ4v) is 2.93. The van der Waals surface area contributed by atoms with Crippen LogP contribution in [0, 0.1) is 0 Å². The number of rotatable bonds is 10. The number of hydrogen-bond acceptors (Lipinski definition) is 5. The standard InChI is InChI=1S/C19H27N3O4S.HI/c1-3-20-19(21-11-5-12-25-15-17-6-4-13-26-17)22-14-16-7-9-18(10-8-16)27(2,23)24;/h4,6-10,13H,3,5,11-12,14-15H2,1-2H3,(H2,20,21,22);1H. The van der Waals surface area contributed by atoms with Gasteiger partial charge in [0.15, 0.2) is 15.8 Å². The number of halogens is 1. The van der Waals surface area contributed by atoms with Crippen LogP contribution in [0.15, 0.2) is 57.0 Å². The van der Waals surface area contributed by atoms with Crippen molar-refractivity contribution >= 4 is 39.8 Å². The molecule has 1 aromatic carbocycles. The minimum absolute atomic E-state index is 0. The second kappa shape index (κ2) is 12.8. The van der Waals surface area contributed by atoms with Crippen LogP contribution in [-0.2, 0) is 27.7 Å². The van der Waals surface area contributed by atoms with E-state index in [1.165, 1.54) is 6.26 Å². The predicted octanol–water partition coefficient (Wildman–Crippen LogP) is 2.96. The molecule has 1 heterocycles. The Bertz CT molecular complexity index is 806. The SMILES string of the molecule is CCNC(=NCc1ccc(S(C)(=O)=O)cc1)NCCCOCc1ccco1.I. The van der Waals surface area contributed by atoms with Crippen molar-refractivity contribution in [2.75, 3.05) is 26.0 Å². The van der Waals surface area contributed by atoms with Gasteiger partial charge in [0.25, 0.3) is 0 Å². The van der Waals surface area contributed by atoms with E-state index in [0.29, 0.717) is 24.7 Å². The highest BCUT2D eigenvalue weighted by molar-refractivity contribution is 14.0. The highest BCUT2D eigenvalue weighted by Gasteiger charge is 2.06. The first-order chi connectivity index (χ1) is 13.0. The van der Waals surface area contributed by atoms with E-state index in [0.717, 1.165) is 36.8 Å². The smallest absolute Gasteiger partial charge is 0.191 e. The lowest BCUT2D eigenvalue weighted by molar-refractivity contribution is 0.105. The molecule has 0 aliphatic rings. The van der Waals surface area contributed by atoms with Crippen LogP contribution in [0.4, 0.5) is 0 Å². The van der Waals surface area contributed by atoms with Gasteiger partial charge in [-0.3, -0.25) is 0 Å². The average molecular weight is 521 g/mol. The van der Waals surface area contributed by atoms with Gasteiger partial charge in [0.1, 0.15) is 12.4 Å². The molecular weight excluding hydrogens is 493 g/mol. The lowest BCUT2D eigenvalue weighted by Gasteiger charge is -2.11. The van der Waals surface area contributed by atoms with Crippen molar-refractivity contribution in [1.29, 1.82) is 0 Å². The number of nitrogens with one attached hydrogen (secondary N) is 2. The van der Waals surface area contributed by atoms with E-state index in [4.69, 9.17) is 9.15 Å². The van der Waals surface area contributed by atoms with Crippen molar-refractivity contribution in [3.05, 3.63) is 54.0 Å². The lowest BCUT2D eigenvalue weighted by atomic mass is 10.2. The number of benzene rings is 1. The first-order valence-corrected chi connectivity index (χ1v) is 10.8. The van der Waals surface area contributed by atoms with E-state index in [9.17, 15) is 8.42 Å². The number of sulfone groups is 1. The number of guanidine groups is 1. The molecule has 0 spiro atoms. The zero-order chi connectivity index (χ0) is 19.5. The summed E-state index contributed by atoms with van der Waals surface area (Å²) in [5.74, 6) is 1.54. The number of furan rings is 1. The second-order valence-corrected chi connectivity index (χ2v) is 8.04. The fourth-order valence-electron chi connectivity index (χ4n) is 2.30. The van der Waals surface area contributed by atoms with Crippen LogP contribution in [0.2, 0.25) is 0 Å². The van der Waals surface area contributed by atoms with E-state index in [2.05, 4.69) is 15.6 Å². The molecular formula is C19H28IN3O4S. The third kappa shape index (κ3) is 9.07. The molecule has 0 atom stereocenters. The predicted molar refractivity (Wildman–Crippen MR) is 121 cm³/mol. The molecule has 28 heavy (non-hydrogen) atoms. The molecule has 0 aliphatic carbocycles. The summed E-state index contributed by atoms with van der Waals surface area (Å²) in [6, 6.07) is 10.5. The summed E-state index contributed by atoms with van der Waals surface area (Å²) < 4.78 is 33.7. The van der Waals surface area contributed by atoms with Crippen LogP contribution in [0.3, 0.4) is 0 Å². The van der Waals surface area contributed by atoms with E-state index in [1.807, 2.05) is 19.1 Å². The molecule has 2 aromatic rings. The Labute approximate surface area is 183 Å². The minimum Gasteiger partial charge on any atom is -0.467 e. The Kier molecular flexibility index (Phi) is 11.2. The van der Waals surface area contributed by atoms with E-state index in [1.54, 1.807) is 30.5 Å². The Balaban J connectivity index is 0.00000392. The number of nitrogens with zero attached hydrogens (tertiary/aromatic N) is 1. The molecule has 0 amide bonds. The molecule has 0 radical (unpaired) electrons. The summed E-state index contributed by atoms with van der Waals surface area (Å²) in [7, 11) is -3.17. The number of aliphatic imine (C=N–C) groups is 1. The van der Waals surface area contributed by atoms with Crippen LogP contribution < -0.4 is 10.6 Å². The fraction of sp³-hybridized carbons (Fsp3) is 0.421. The van der Waals surface area contributed by atoms with Gasteiger partial charge >= 0.3 is 0 Å². The Morgan fingerprint density at radius 3 is 2.54 bits per heavy atom. The normalized spacial score (nSPS) is 11.7. The molecule has 1 aromatic heterocycles. The van der Waals surface area contributed by atoms with Crippen LogP contribution >= 0.6 is 24.0 Å². The largest absolute Gasteiger partial charge is 0.467 e. The van der Waals surface area contributed by atoms with Crippen molar-refractivity contribution in [2.24, 2.45) is 4.99 Å². The molecule has 2 N–H and O–H groups in total. The van der Waals surface area contributed by atoms with Gasteiger partial charge in [-0.05, 0) is 43.2 Å². The Hall–Kier alpha value is -1.59. The molecule has 156 valence electrons. The molecule has 0 saturated carbocycles. The van der Waals surface area contributed by atoms with E-state index >= 15 is 0 Å². The van der Waals surface area contributed by atoms with Crippen molar-refractivity contribution in [2.45, 2.75) is 31.4 Å². The number of hydrogen-bond donors (Lipinski definition) is 2. The van der Waals surface area contributed by atoms with Crippen molar-refractivity contribution in [3.8, 4) is 0 Å². The molecule has 0 bridgehead atoms. The van der Waals surface area contributed by atoms with E-state index in [-0.39, 0.29) is 24.0 Å². The molecule has 0 saturated heterocycles. The molecule has 0 fully saturated rings. The average Bonchev–Trinajstić information content (AvgIpc) is 3.15. The molecule has 0 unspecified atom stereocenters. The summed E-state index contributed by atoms with van der Waals surface area (Å²) >= 11 is 0. The maximum Gasteiger partial charge on any atom is 0.191 e. The Morgan fingerprint density at radius 1 is 1.18 bits per heavy atom. The minimum atomic E-state index is -3.17. The van der Waals surface area contributed by atoms with Gasteiger partial charge in [-0.2, -0.15) is 0 Å². The maximum atomic E-state index is 11.5. The maximum absolute atomic E-state index is 11.5. The van der Waals surface area contributed by atoms with Gasteiger partial charge in [-0.1, -0.05) is 12.1 Å². The quantitative estimate of drug-likeness (QED) is 0.216. The first-order valence-electron chi connectivity index (χ1n) is 8.90. The molecule has 2 rings (SSSR count). The van der Waals surface area contributed by atoms with Gasteiger partial charge in [0, 0.05) is 26.0 Å². The third-order valence-corrected chi connectivity index (χ3v) is 4.83. The monoisotopic (exact) mass is 521 g/mol. The van der Waals surface area contributed by atoms with Gasteiger partial charge in [-0.25, -0.2) is 13.4 Å². The second-order valence-electron chi connectivity index (χ2n) is 6.02. The van der Waals surface area contributed by atoms with Crippen molar-refractivity contribution in [1.82, 2.24) is 10.6 Å². The molecule has 0 aliphatic heterocycles.